The van der Waals surface area contributed by atoms with E-state index in [1.165, 1.54) is 12.8 Å². The second kappa shape index (κ2) is 6.76. The number of carbonyl (C=O) groups is 1. The van der Waals surface area contributed by atoms with E-state index in [9.17, 15) is 4.79 Å². The lowest BCUT2D eigenvalue weighted by molar-refractivity contribution is 0.251. The molecule has 1 aromatic carbocycles. The summed E-state index contributed by atoms with van der Waals surface area (Å²) < 4.78 is 0. The van der Waals surface area contributed by atoms with E-state index in [-0.39, 0.29) is 6.03 Å². The summed E-state index contributed by atoms with van der Waals surface area (Å²) in [4.78, 5) is 11.7. The van der Waals surface area contributed by atoms with Crippen LogP contribution in [0.15, 0.2) is 24.3 Å². The van der Waals surface area contributed by atoms with Crippen LogP contribution in [0.25, 0.3) is 0 Å². The summed E-state index contributed by atoms with van der Waals surface area (Å²) in [5.74, 6) is 0. The van der Waals surface area contributed by atoms with Crippen LogP contribution < -0.4 is 16.0 Å². The molecule has 1 atom stereocenters. The number of hydrogen-bond donors (Lipinski definition) is 3. The number of anilines is 1. The third-order valence-electron chi connectivity index (χ3n) is 3.19. The number of hydrogen-bond acceptors (Lipinski definition) is 3. The molecule has 1 saturated heterocycles. The molecule has 0 unspecified atom stereocenters. The molecule has 1 aromatic rings. The van der Waals surface area contributed by atoms with E-state index >= 15 is 0 Å². The van der Waals surface area contributed by atoms with E-state index in [0.717, 1.165) is 13.0 Å². The summed E-state index contributed by atoms with van der Waals surface area (Å²) in [5, 5.41) is 17.7. The first kappa shape index (κ1) is 13.4. The monoisotopic (exact) mass is 258 g/mol. The van der Waals surface area contributed by atoms with Gasteiger partial charge in [-0.3, -0.25) is 0 Å². The van der Waals surface area contributed by atoms with Gasteiger partial charge in [0, 0.05) is 18.3 Å². The van der Waals surface area contributed by atoms with Gasteiger partial charge in [0.05, 0.1) is 11.6 Å². The van der Waals surface area contributed by atoms with Gasteiger partial charge in [0.2, 0.25) is 0 Å². The van der Waals surface area contributed by atoms with Crippen LogP contribution in [0.3, 0.4) is 0 Å². The highest BCUT2D eigenvalue weighted by Crippen LogP contribution is 2.10. The zero-order chi connectivity index (χ0) is 13.5. The second-order valence-corrected chi connectivity index (χ2v) is 4.66. The Kier molecular flexibility index (Phi) is 4.76. The molecule has 1 heterocycles. The average molecular weight is 258 g/mol. The Hall–Kier alpha value is -2.06. The Morgan fingerprint density at radius 2 is 2.42 bits per heavy atom. The molecule has 100 valence electrons. The number of nitriles is 1. The number of nitrogens with zero attached hydrogens (tertiary/aromatic N) is 1. The minimum absolute atomic E-state index is 0.229. The molecular weight excluding hydrogens is 240 g/mol. The summed E-state index contributed by atoms with van der Waals surface area (Å²) >= 11 is 0. The van der Waals surface area contributed by atoms with E-state index in [0.29, 0.717) is 23.8 Å². The fourth-order valence-electron chi connectivity index (χ4n) is 2.20. The van der Waals surface area contributed by atoms with Crippen molar-refractivity contribution < 1.29 is 4.79 Å². The zero-order valence-corrected chi connectivity index (χ0v) is 10.8. The van der Waals surface area contributed by atoms with Crippen molar-refractivity contribution in [2.24, 2.45) is 0 Å². The number of benzene rings is 1. The first-order valence-electron chi connectivity index (χ1n) is 6.56. The Labute approximate surface area is 113 Å². The molecule has 19 heavy (non-hydrogen) atoms. The van der Waals surface area contributed by atoms with E-state index in [1.807, 2.05) is 6.07 Å². The first-order valence-corrected chi connectivity index (χ1v) is 6.56. The van der Waals surface area contributed by atoms with E-state index in [2.05, 4.69) is 16.0 Å². The molecule has 1 aliphatic rings. The lowest BCUT2D eigenvalue weighted by atomic mass is 10.1. The molecule has 1 fully saturated rings. The summed E-state index contributed by atoms with van der Waals surface area (Å²) in [5.41, 5.74) is 1.17. The van der Waals surface area contributed by atoms with Crippen molar-refractivity contribution in [1.82, 2.24) is 10.6 Å². The Morgan fingerprint density at radius 3 is 3.16 bits per heavy atom. The number of urea groups is 1. The van der Waals surface area contributed by atoms with Gasteiger partial charge >= 0.3 is 6.03 Å². The fraction of sp³-hybridized carbons (Fsp3) is 0.429. The Bertz CT molecular complexity index is 475. The molecular formula is C14H18N4O. The van der Waals surface area contributed by atoms with Gasteiger partial charge in [-0.15, -0.1) is 0 Å². The Morgan fingerprint density at radius 1 is 1.53 bits per heavy atom. The number of carbonyl (C=O) groups excluding carboxylic acids is 1. The molecule has 0 radical (unpaired) electrons. The maximum Gasteiger partial charge on any atom is 0.319 e. The third kappa shape index (κ3) is 4.27. The minimum Gasteiger partial charge on any atom is -0.338 e. The van der Waals surface area contributed by atoms with Gasteiger partial charge in [0.15, 0.2) is 0 Å². The third-order valence-corrected chi connectivity index (χ3v) is 3.19. The molecule has 3 N–H and O–H groups in total. The molecule has 0 saturated carbocycles. The highest BCUT2D eigenvalue weighted by molar-refractivity contribution is 5.89. The Balaban J connectivity index is 1.72. The fourth-order valence-corrected chi connectivity index (χ4v) is 2.20. The van der Waals surface area contributed by atoms with Crippen LogP contribution in [0.5, 0.6) is 0 Å². The van der Waals surface area contributed by atoms with Gasteiger partial charge < -0.3 is 16.0 Å². The molecule has 5 heteroatoms. The number of nitrogens with one attached hydrogen (secondary N) is 3. The van der Waals surface area contributed by atoms with Crippen molar-refractivity contribution in [2.45, 2.75) is 25.3 Å². The minimum atomic E-state index is -0.229. The molecule has 0 spiro atoms. The van der Waals surface area contributed by atoms with Crippen LogP contribution >= 0.6 is 0 Å². The summed E-state index contributed by atoms with van der Waals surface area (Å²) in [6.07, 6.45) is 3.36. The first-order chi connectivity index (χ1) is 9.28. The van der Waals surface area contributed by atoms with Crippen molar-refractivity contribution in [3.63, 3.8) is 0 Å². The van der Waals surface area contributed by atoms with Crippen LogP contribution in [0, 0.1) is 11.3 Å². The molecule has 0 aromatic heterocycles. The van der Waals surface area contributed by atoms with Crippen molar-refractivity contribution in [2.75, 3.05) is 18.4 Å². The topological polar surface area (TPSA) is 77.0 Å². The molecule has 2 rings (SSSR count). The maximum atomic E-state index is 11.7. The molecule has 0 bridgehead atoms. The maximum absolute atomic E-state index is 11.7. The van der Waals surface area contributed by atoms with Crippen LogP contribution in [-0.2, 0) is 0 Å². The van der Waals surface area contributed by atoms with Crippen LogP contribution in [-0.4, -0.2) is 25.2 Å². The quantitative estimate of drug-likeness (QED) is 0.771. The molecule has 2 amide bonds. The van der Waals surface area contributed by atoms with Crippen molar-refractivity contribution in [1.29, 1.82) is 5.26 Å². The molecule has 5 nitrogen and oxygen atoms in total. The van der Waals surface area contributed by atoms with Gasteiger partial charge in [-0.05, 0) is 44.0 Å². The summed E-state index contributed by atoms with van der Waals surface area (Å²) in [7, 11) is 0. The SMILES string of the molecule is N#Cc1cccc(NC(=O)NCC[C@H]2CCCN2)c1. The van der Waals surface area contributed by atoms with Gasteiger partial charge in [-0.25, -0.2) is 4.79 Å². The predicted molar refractivity (Wildman–Crippen MR) is 73.8 cm³/mol. The lowest BCUT2D eigenvalue weighted by Crippen LogP contribution is -2.33. The molecule has 1 aliphatic heterocycles. The smallest absolute Gasteiger partial charge is 0.319 e. The normalized spacial score (nSPS) is 17.7. The zero-order valence-electron chi connectivity index (χ0n) is 10.8. The summed E-state index contributed by atoms with van der Waals surface area (Å²) in [6, 6.07) is 9.21. The lowest BCUT2D eigenvalue weighted by Gasteiger charge is -2.11. The van der Waals surface area contributed by atoms with Crippen LogP contribution in [0.2, 0.25) is 0 Å². The standard InChI is InChI=1S/C14H18N4O/c15-10-11-3-1-4-13(9-11)18-14(19)17-8-6-12-5-2-7-16-12/h1,3-4,9,12,16H,2,5-8H2,(H2,17,18,19)/t12-/m1/s1. The van der Waals surface area contributed by atoms with E-state index < -0.39 is 0 Å². The van der Waals surface area contributed by atoms with Gasteiger partial charge in [0.1, 0.15) is 0 Å². The largest absolute Gasteiger partial charge is 0.338 e. The van der Waals surface area contributed by atoms with Crippen LogP contribution in [0.1, 0.15) is 24.8 Å². The highest BCUT2D eigenvalue weighted by Gasteiger charge is 2.13. The van der Waals surface area contributed by atoms with Crippen LogP contribution in [0.4, 0.5) is 10.5 Å². The molecule has 0 aliphatic carbocycles. The van der Waals surface area contributed by atoms with E-state index in [1.54, 1.807) is 24.3 Å². The average Bonchev–Trinajstić information content (AvgIpc) is 2.92. The second-order valence-electron chi connectivity index (χ2n) is 4.66. The van der Waals surface area contributed by atoms with Crippen molar-refractivity contribution >= 4 is 11.7 Å². The van der Waals surface area contributed by atoms with Gasteiger partial charge in [-0.2, -0.15) is 5.26 Å². The highest BCUT2D eigenvalue weighted by atomic mass is 16.2. The van der Waals surface area contributed by atoms with Crippen molar-refractivity contribution in [3.05, 3.63) is 29.8 Å². The van der Waals surface area contributed by atoms with E-state index in [4.69, 9.17) is 5.26 Å². The summed E-state index contributed by atoms with van der Waals surface area (Å²) in [6.45, 7) is 1.74. The predicted octanol–water partition coefficient (Wildman–Crippen LogP) is 1.82. The number of amides is 2. The number of rotatable bonds is 4. The van der Waals surface area contributed by atoms with Gasteiger partial charge in [0.25, 0.3) is 0 Å². The van der Waals surface area contributed by atoms with Gasteiger partial charge in [-0.1, -0.05) is 6.07 Å². The van der Waals surface area contributed by atoms with Crippen molar-refractivity contribution in [3.8, 4) is 6.07 Å².